The molecule has 0 aliphatic carbocycles. The number of nitriles is 2. The fourth-order valence-corrected chi connectivity index (χ4v) is 3.76. The van der Waals surface area contributed by atoms with Crippen molar-refractivity contribution in [2.45, 2.75) is 37.9 Å². The predicted molar refractivity (Wildman–Crippen MR) is 101 cm³/mol. The minimum absolute atomic E-state index is 0.228. The van der Waals surface area contributed by atoms with E-state index in [9.17, 15) is 5.26 Å². The van der Waals surface area contributed by atoms with E-state index in [1.165, 1.54) is 0 Å². The monoisotopic (exact) mass is 357 g/mol. The van der Waals surface area contributed by atoms with Crippen LogP contribution in [0.5, 0.6) is 5.75 Å². The predicted octanol–water partition coefficient (Wildman–Crippen LogP) is 4.22. The molecular weight excluding hydrogens is 338 g/mol. The molecule has 5 nitrogen and oxygen atoms in total. The van der Waals surface area contributed by atoms with Gasteiger partial charge >= 0.3 is 0 Å². The van der Waals surface area contributed by atoms with Gasteiger partial charge in [0.05, 0.1) is 30.1 Å². The molecule has 0 unspecified atom stereocenters. The van der Waals surface area contributed by atoms with Gasteiger partial charge in [0.1, 0.15) is 11.4 Å². The van der Waals surface area contributed by atoms with Crippen molar-refractivity contribution in [3.8, 4) is 29.1 Å². The molecule has 27 heavy (non-hydrogen) atoms. The molecule has 5 heteroatoms. The highest BCUT2D eigenvalue weighted by molar-refractivity contribution is 6.05. The Morgan fingerprint density at radius 1 is 1.15 bits per heavy atom. The van der Waals surface area contributed by atoms with Crippen molar-refractivity contribution in [1.29, 1.82) is 10.5 Å². The number of fused-ring (bicyclic) bond motifs is 1. The first kappa shape index (κ1) is 17.3. The van der Waals surface area contributed by atoms with Crippen molar-refractivity contribution in [2.75, 3.05) is 6.61 Å². The van der Waals surface area contributed by atoms with Gasteiger partial charge in [-0.25, -0.2) is 0 Å². The molecule has 0 amide bonds. The van der Waals surface area contributed by atoms with E-state index in [2.05, 4.69) is 18.0 Å². The first-order valence-corrected chi connectivity index (χ1v) is 9.04. The average molecular weight is 357 g/mol. The number of rotatable bonds is 1. The third kappa shape index (κ3) is 3.30. The van der Waals surface area contributed by atoms with E-state index in [4.69, 9.17) is 14.7 Å². The fourth-order valence-electron chi connectivity index (χ4n) is 3.76. The van der Waals surface area contributed by atoms with Gasteiger partial charge in [-0.2, -0.15) is 15.5 Å². The van der Waals surface area contributed by atoms with Gasteiger partial charge in [-0.15, -0.1) is 0 Å². The van der Waals surface area contributed by atoms with Crippen LogP contribution in [0.15, 0.2) is 47.5 Å². The zero-order valence-corrected chi connectivity index (χ0v) is 15.1. The van der Waals surface area contributed by atoms with Gasteiger partial charge in [-0.3, -0.25) is 0 Å². The Morgan fingerprint density at radius 2 is 2.00 bits per heavy atom. The largest absolute Gasteiger partial charge is 0.484 e. The van der Waals surface area contributed by atoms with Crippen LogP contribution in [-0.4, -0.2) is 24.0 Å². The molecule has 0 aromatic heterocycles. The lowest BCUT2D eigenvalue weighted by Gasteiger charge is -2.42. The van der Waals surface area contributed by atoms with Crippen molar-refractivity contribution in [3.05, 3.63) is 53.6 Å². The van der Waals surface area contributed by atoms with Crippen LogP contribution in [0.25, 0.3) is 11.1 Å². The molecule has 1 spiro atoms. The van der Waals surface area contributed by atoms with Crippen LogP contribution in [0.3, 0.4) is 0 Å². The molecule has 4 rings (SSSR count). The molecule has 0 bridgehead atoms. The van der Waals surface area contributed by atoms with E-state index in [-0.39, 0.29) is 6.10 Å². The van der Waals surface area contributed by atoms with E-state index < -0.39 is 5.60 Å². The lowest BCUT2D eigenvalue weighted by Crippen LogP contribution is -2.50. The number of hydrogen-bond donors (Lipinski definition) is 0. The summed E-state index contributed by atoms with van der Waals surface area (Å²) in [4.78, 5) is 4.10. The summed E-state index contributed by atoms with van der Waals surface area (Å²) in [5.41, 5.74) is 3.64. The molecule has 2 aromatic carbocycles. The molecule has 1 saturated heterocycles. The van der Waals surface area contributed by atoms with Crippen molar-refractivity contribution < 1.29 is 9.47 Å². The highest BCUT2D eigenvalue weighted by atomic mass is 16.6. The summed E-state index contributed by atoms with van der Waals surface area (Å²) in [6.45, 7) is 2.57. The van der Waals surface area contributed by atoms with Gasteiger partial charge in [0.15, 0.2) is 0 Å². The van der Waals surface area contributed by atoms with E-state index >= 15 is 0 Å². The molecule has 2 aliphatic rings. The highest BCUT2D eigenvalue weighted by Gasteiger charge is 2.42. The maximum Gasteiger partial charge on any atom is 0.205 e. The molecule has 0 N–H and O–H groups in total. The van der Waals surface area contributed by atoms with Gasteiger partial charge in [-0.1, -0.05) is 18.2 Å². The Kier molecular flexibility index (Phi) is 4.39. The molecular formula is C22H19N3O2. The van der Waals surface area contributed by atoms with Crippen LogP contribution in [0.4, 0.5) is 0 Å². The van der Waals surface area contributed by atoms with Crippen molar-refractivity contribution in [3.63, 3.8) is 0 Å². The second-order valence-corrected chi connectivity index (χ2v) is 7.18. The Hall–Kier alpha value is -3.15. The third-order valence-electron chi connectivity index (χ3n) is 5.25. The summed E-state index contributed by atoms with van der Waals surface area (Å²) < 4.78 is 12.2. The number of ether oxygens (including phenoxy) is 2. The summed E-state index contributed by atoms with van der Waals surface area (Å²) >= 11 is 0. The number of nitrogens with zero attached hydrogens (tertiary/aromatic N) is 3. The first-order valence-electron chi connectivity index (χ1n) is 9.04. The van der Waals surface area contributed by atoms with Crippen LogP contribution in [-0.2, 0) is 4.74 Å². The first-order chi connectivity index (χ1) is 13.1. The highest BCUT2D eigenvalue weighted by Crippen LogP contribution is 2.40. The molecule has 2 aromatic rings. The molecule has 0 radical (unpaired) electrons. The minimum atomic E-state index is -0.447. The molecule has 2 heterocycles. The normalized spacial score (nSPS) is 25.3. The van der Waals surface area contributed by atoms with Crippen LogP contribution < -0.4 is 4.74 Å². The van der Waals surface area contributed by atoms with Crippen molar-refractivity contribution >= 4 is 5.71 Å². The quantitative estimate of drug-likeness (QED) is 0.716. The van der Waals surface area contributed by atoms with Gasteiger partial charge in [-0.05, 0) is 55.2 Å². The van der Waals surface area contributed by atoms with Gasteiger partial charge in [0.25, 0.3) is 0 Å². The second kappa shape index (κ2) is 6.87. The Labute approximate surface area is 158 Å². The van der Waals surface area contributed by atoms with Gasteiger partial charge in [0.2, 0.25) is 6.19 Å². The molecule has 0 saturated carbocycles. The summed E-state index contributed by atoms with van der Waals surface area (Å²) in [6.07, 6.45) is 4.52. The number of benzene rings is 2. The van der Waals surface area contributed by atoms with Crippen molar-refractivity contribution in [1.82, 2.24) is 0 Å². The smallest absolute Gasteiger partial charge is 0.205 e. The van der Waals surface area contributed by atoms with Crippen LogP contribution in [0.1, 0.15) is 37.3 Å². The summed E-state index contributed by atoms with van der Waals surface area (Å²) in [5, 5.41) is 18.3. The maximum absolute atomic E-state index is 9.18. The SMILES string of the molecule is C[C@@H]1CC[C@]2(CO1)C/C(=N\C#N)c1cc(-c3cccc(C#N)c3)ccc1O2. The summed E-state index contributed by atoms with van der Waals surface area (Å²) in [6, 6.07) is 15.5. The van der Waals surface area contributed by atoms with E-state index in [0.717, 1.165) is 41.0 Å². The fraction of sp³-hybridized carbons (Fsp3) is 0.318. The number of hydrogen-bond acceptors (Lipinski definition) is 5. The van der Waals surface area contributed by atoms with Gasteiger partial charge in [0, 0.05) is 12.0 Å². The van der Waals surface area contributed by atoms with Crippen molar-refractivity contribution in [2.24, 2.45) is 4.99 Å². The Bertz CT molecular complexity index is 989. The summed E-state index contributed by atoms with van der Waals surface area (Å²) in [7, 11) is 0. The molecule has 1 fully saturated rings. The van der Waals surface area contributed by atoms with E-state index in [0.29, 0.717) is 18.6 Å². The number of aliphatic imine (C=N–C) groups is 1. The van der Waals surface area contributed by atoms with Crippen LogP contribution >= 0.6 is 0 Å². The zero-order valence-electron chi connectivity index (χ0n) is 15.1. The lowest BCUT2D eigenvalue weighted by atomic mass is 9.83. The third-order valence-corrected chi connectivity index (χ3v) is 5.25. The zero-order chi connectivity index (χ0) is 18.9. The summed E-state index contributed by atoms with van der Waals surface area (Å²) in [5.74, 6) is 0.730. The minimum Gasteiger partial charge on any atom is -0.484 e. The lowest BCUT2D eigenvalue weighted by molar-refractivity contribution is -0.0974. The van der Waals surface area contributed by atoms with Crippen LogP contribution in [0, 0.1) is 22.8 Å². The Morgan fingerprint density at radius 3 is 2.74 bits per heavy atom. The molecule has 134 valence electrons. The maximum atomic E-state index is 9.18. The standard InChI is InChI=1S/C22H19N3O2/c1-15-7-8-22(13-26-15)11-20(25-14-24)19-10-18(5-6-21(19)27-22)17-4-2-3-16(9-17)12-23/h2-6,9-10,15H,7-8,11,13H2,1H3/b25-20+/t15-,22-/m1/s1. The second-order valence-electron chi connectivity index (χ2n) is 7.18. The molecule has 2 aliphatic heterocycles. The topological polar surface area (TPSA) is 78.4 Å². The van der Waals surface area contributed by atoms with E-state index in [1.54, 1.807) is 6.07 Å². The average Bonchev–Trinajstić information content (AvgIpc) is 2.70. The Balaban J connectivity index is 1.74. The van der Waals surface area contributed by atoms with Crippen LogP contribution in [0.2, 0.25) is 0 Å². The van der Waals surface area contributed by atoms with E-state index in [1.807, 2.05) is 42.6 Å². The molecule has 2 atom stereocenters. The van der Waals surface area contributed by atoms with Gasteiger partial charge < -0.3 is 9.47 Å².